The second-order valence-electron chi connectivity index (χ2n) is 5.64. The van der Waals surface area contributed by atoms with Crippen LogP contribution in [0.4, 0.5) is 11.4 Å². The van der Waals surface area contributed by atoms with Gasteiger partial charge in [-0.25, -0.2) is 4.68 Å². The summed E-state index contributed by atoms with van der Waals surface area (Å²) in [5.41, 5.74) is 1.34. The number of halogens is 1. The summed E-state index contributed by atoms with van der Waals surface area (Å²) in [6.45, 7) is 1.73. The van der Waals surface area contributed by atoms with E-state index in [4.69, 9.17) is 16.3 Å². The van der Waals surface area contributed by atoms with Crippen molar-refractivity contribution in [3.05, 3.63) is 79.2 Å². The number of rotatable bonds is 5. The maximum Gasteiger partial charge on any atom is 0.280 e. The third-order valence-corrected chi connectivity index (χ3v) is 4.24. The molecule has 0 saturated carbocycles. The minimum absolute atomic E-state index is 0.131. The highest BCUT2D eigenvalue weighted by Crippen LogP contribution is 2.29. The van der Waals surface area contributed by atoms with E-state index in [0.29, 0.717) is 22.7 Å². The Morgan fingerprint density at radius 2 is 1.96 bits per heavy atom. The molecule has 9 heteroatoms. The highest BCUT2D eigenvalue weighted by Gasteiger charge is 2.12. The number of hydrogen-bond donors (Lipinski definition) is 1. The molecule has 0 aliphatic carbocycles. The summed E-state index contributed by atoms with van der Waals surface area (Å²) in [6.07, 6.45) is 1.35. The number of nitrogens with zero attached hydrogens (tertiary/aromatic N) is 3. The quantitative estimate of drug-likeness (QED) is 0.409. The van der Waals surface area contributed by atoms with Gasteiger partial charge in [0.05, 0.1) is 34.0 Å². The van der Waals surface area contributed by atoms with Crippen molar-refractivity contribution in [3.63, 3.8) is 0 Å². The summed E-state index contributed by atoms with van der Waals surface area (Å²) in [5.74, 6) is 0.678. The number of aromatic nitrogens is 2. The Morgan fingerprint density at radius 1 is 1.26 bits per heavy atom. The second-order valence-corrected chi connectivity index (χ2v) is 6.05. The van der Waals surface area contributed by atoms with Gasteiger partial charge in [0.25, 0.3) is 11.2 Å². The van der Waals surface area contributed by atoms with Crippen molar-refractivity contribution < 1.29 is 9.66 Å². The molecule has 8 nitrogen and oxygen atoms in total. The molecule has 0 spiro atoms. The Kier molecular flexibility index (Phi) is 5.09. The molecule has 0 saturated heterocycles. The lowest BCUT2D eigenvalue weighted by molar-refractivity contribution is -0.384. The smallest absolute Gasteiger partial charge is 0.280 e. The predicted molar refractivity (Wildman–Crippen MR) is 103 cm³/mol. The zero-order valence-corrected chi connectivity index (χ0v) is 15.2. The summed E-state index contributed by atoms with van der Waals surface area (Å²) in [5, 5.41) is 14.1. The number of benzene rings is 2. The van der Waals surface area contributed by atoms with Crippen LogP contribution in [0.5, 0.6) is 5.75 Å². The van der Waals surface area contributed by atoms with Crippen molar-refractivity contribution in [2.24, 2.45) is 4.99 Å². The Labute approximate surface area is 158 Å². The lowest BCUT2D eigenvalue weighted by Crippen LogP contribution is -2.17. The molecule has 2 aromatic carbocycles. The van der Waals surface area contributed by atoms with Gasteiger partial charge in [0, 0.05) is 24.0 Å². The van der Waals surface area contributed by atoms with Crippen LogP contribution in [0.25, 0.3) is 5.69 Å². The van der Waals surface area contributed by atoms with Gasteiger partial charge in [0.2, 0.25) is 0 Å². The summed E-state index contributed by atoms with van der Waals surface area (Å²) in [7, 11) is 1.56. The third-order valence-electron chi connectivity index (χ3n) is 3.92. The molecule has 1 aromatic heterocycles. The monoisotopic (exact) mass is 386 g/mol. The van der Waals surface area contributed by atoms with Crippen molar-refractivity contribution in [1.29, 1.82) is 0 Å². The Hall–Kier alpha value is -3.39. The van der Waals surface area contributed by atoms with E-state index in [-0.39, 0.29) is 22.0 Å². The van der Waals surface area contributed by atoms with Crippen molar-refractivity contribution in [2.75, 3.05) is 7.11 Å². The average Bonchev–Trinajstić information content (AvgIpc) is 2.95. The first-order valence-electron chi connectivity index (χ1n) is 7.84. The number of non-ortho nitro benzene ring substituents is 1. The van der Waals surface area contributed by atoms with Crippen LogP contribution >= 0.6 is 11.6 Å². The maximum absolute atomic E-state index is 12.7. The molecule has 1 heterocycles. The standard InChI is InChI=1S/C18H15ClN4O4/c1-11-15(10-20-17-9-13(23(25)26)5-8-16(17)19)18(24)22(21-11)12-3-6-14(27-2)7-4-12/h3-10,21H,1-2H3. The van der Waals surface area contributed by atoms with Crippen LogP contribution < -0.4 is 10.3 Å². The molecule has 138 valence electrons. The molecule has 0 fully saturated rings. The molecule has 0 atom stereocenters. The summed E-state index contributed by atoms with van der Waals surface area (Å²) in [6, 6.07) is 10.9. The number of nitrogens with one attached hydrogen (secondary N) is 1. The number of nitro groups is 1. The Morgan fingerprint density at radius 3 is 2.59 bits per heavy atom. The zero-order valence-electron chi connectivity index (χ0n) is 14.5. The number of nitro benzene ring substituents is 1. The van der Waals surface area contributed by atoms with Crippen molar-refractivity contribution in [3.8, 4) is 11.4 Å². The van der Waals surface area contributed by atoms with Crippen LogP contribution in [0, 0.1) is 17.0 Å². The number of aromatic amines is 1. The highest BCUT2D eigenvalue weighted by atomic mass is 35.5. The highest BCUT2D eigenvalue weighted by molar-refractivity contribution is 6.33. The maximum atomic E-state index is 12.7. The summed E-state index contributed by atoms with van der Waals surface area (Å²) >= 11 is 6.04. The molecular formula is C18H15ClN4O4. The molecule has 27 heavy (non-hydrogen) atoms. The van der Waals surface area contributed by atoms with Crippen LogP contribution in [0.2, 0.25) is 5.02 Å². The van der Waals surface area contributed by atoms with Crippen LogP contribution in [0.1, 0.15) is 11.3 Å². The van der Waals surface area contributed by atoms with E-state index in [2.05, 4.69) is 10.1 Å². The van der Waals surface area contributed by atoms with Gasteiger partial charge in [-0.15, -0.1) is 0 Å². The Bertz CT molecular complexity index is 1080. The number of hydrogen-bond acceptors (Lipinski definition) is 5. The van der Waals surface area contributed by atoms with Crippen LogP contribution in [-0.4, -0.2) is 28.0 Å². The van der Waals surface area contributed by atoms with E-state index in [9.17, 15) is 14.9 Å². The molecular weight excluding hydrogens is 372 g/mol. The fourth-order valence-electron chi connectivity index (χ4n) is 2.47. The van der Waals surface area contributed by atoms with E-state index in [0.717, 1.165) is 0 Å². The van der Waals surface area contributed by atoms with Gasteiger partial charge in [-0.2, -0.15) is 0 Å². The van der Waals surface area contributed by atoms with E-state index in [1.807, 2.05) is 0 Å². The number of aliphatic imine (C=N–C) groups is 1. The van der Waals surface area contributed by atoms with E-state index >= 15 is 0 Å². The molecule has 0 unspecified atom stereocenters. The molecule has 1 N–H and O–H groups in total. The van der Waals surface area contributed by atoms with Gasteiger partial charge in [-0.1, -0.05) is 11.6 Å². The van der Waals surface area contributed by atoms with Crippen molar-refractivity contribution in [1.82, 2.24) is 9.78 Å². The average molecular weight is 387 g/mol. The molecule has 0 amide bonds. The van der Waals surface area contributed by atoms with Gasteiger partial charge in [-0.05, 0) is 37.3 Å². The van der Waals surface area contributed by atoms with E-state index in [1.54, 1.807) is 38.3 Å². The lowest BCUT2D eigenvalue weighted by Gasteiger charge is -2.03. The van der Waals surface area contributed by atoms with Crippen LogP contribution in [0.3, 0.4) is 0 Å². The van der Waals surface area contributed by atoms with Gasteiger partial charge in [0.1, 0.15) is 5.75 Å². The number of H-pyrrole nitrogens is 1. The minimum Gasteiger partial charge on any atom is -0.497 e. The molecule has 0 aliphatic rings. The zero-order chi connectivity index (χ0) is 19.6. The number of methoxy groups -OCH3 is 1. The van der Waals surface area contributed by atoms with Crippen LogP contribution in [-0.2, 0) is 0 Å². The first kappa shape index (κ1) is 18.4. The molecule has 3 rings (SSSR count). The largest absolute Gasteiger partial charge is 0.497 e. The molecule has 0 radical (unpaired) electrons. The predicted octanol–water partition coefficient (Wildman–Crippen LogP) is 3.79. The number of aryl methyl sites for hydroxylation is 1. The number of ether oxygens (including phenoxy) is 1. The van der Waals surface area contributed by atoms with Gasteiger partial charge in [-0.3, -0.25) is 25.0 Å². The van der Waals surface area contributed by atoms with Gasteiger partial charge >= 0.3 is 0 Å². The first-order chi connectivity index (χ1) is 12.9. The van der Waals surface area contributed by atoms with E-state index in [1.165, 1.54) is 29.1 Å². The molecule has 3 aromatic rings. The summed E-state index contributed by atoms with van der Waals surface area (Å²) in [4.78, 5) is 27.2. The third kappa shape index (κ3) is 3.75. The minimum atomic E-state index is -0.534. The van der Waals surface area contributed by atoms with Gasteiger partial charge < -0.3 is 4.74 Å². The molecule has 0 aliphatic heterocycles. The van der Waals surface area contributed by atoms with Crippen LogP contribution in [0.15, 0.2) is 52.3 Å². The fraction of sp³-hybridized carbons (Fsp3) is 0.111. The molecule has 0 bridgehead atoms. The normalized spacial score (nSPS) is 11.1. The summed E-state index contributed by atoms with van der Waals surface area (Å²) < 4.78 is 6.49. The first-order valence-corrected chi connectivity index (χ1v) is 8.22. The Balaban J connectivity index is 1.98. The topological polar surface area (TPSA) is 103 Å². The van der Waals surface area contributed by atoms with Crippen molar-refractivity contribution in [2.45, 2.75) is 6.92 Å². The second kappa shape index (κ2) is 7.46. The fourth-order valence-corrected chi connectivity index (χ4v) is 2.64. The van der Waals surface area contributed by atoms with E-state index < -0.39 is 4.92 Å². The van der Waals surface area contributed by atoms with Crippen molar-refractivity contribution >= 4 is 29.2 Å². The SMILES string of the molecule is COc1ccc(-n2[nH]c(C)c(C=Nc3cc([N+](=O)[O-])ccc3Cl)c2=O)cc1. The van der Waals surface area contributed by atoms with Gasteiger partial charge in [0.15, 0.2) is 0 Å². The lowest BCUT2D eigenvalue weighted by atomic mass is 10.2.